The van der Waals surface area contributed by atoms with Crippen LogP contribution >= 0.6 is 11.6 Å². The van der Waals surface area contributed by atoms with Gasteiger partial charge in [0, 0.05) is 6.07 Å². The lowest BCUT2D eigenvalue weighted by Crippen LogP contribution is -2.16. The highest BCUT2D eigenvalue weighted by Crippen LogP contribution is 2.38. The molecule has 1 N–H and O–H groups in total. The smallest absolute Gasteiger partial charge is 0.263 e. The van der Waals surface area contributed by atoms with Crippen LogP contribution < -0.4 is 14.2 Å². The Hall–Kier alpha value is -2.91. The van der Waals surface area contributed by atoms with Gasteiger partial charge in [0.05, 0.1) is 12.0 Å². The number of nitrogens with zero attached hydrogens (tertiary/aromatic N) is 2. The van der Waals surface area contributed by atoms with Gasteiger partial charge in [-0.05, 0) is 35.2 Å². The summed E-state index contributed by atoms with van der Waals surface area (Å²) in [5, 5.41) is -0.165. The number of hydrogen-bond acceptors (Lipinski definition) is 6. The molecule has 3 rings (SSSR count). The van der Waals surface area contributed by atoms with Gasteiger partial charge in [0.15, 0.2) is 22.5 Å². The summed E-state index contributed by atoms with van der Waals surface area (Å²) in [6.07, 6.45) is 1.08. The summed E-state index contributed by atoms with van der Waals surface area (Å²) in [4.78, 5) is 7.78. The Morgan fingerprint density at radius 3 is 2.32 bits per heavy atom. The normalized spacial score (nSPS) is 11.8. The standard InChI is InChI=1S/C21H21ClFN3O4S/c1-21(2,3)13-5-8-15(9-6-13)31(27,28)26-20-18(19(22)24-12-25-20)30-17-11-14(23)7-10-16(17)29-4/h5-12H,1-4H3,(H,24,25,26). The Balaban J connectivity index is 1.96. The summed E-state index contributed by atoms with van der Waals surface area (Å²) < 4.78 is 52.6. The van der Waals surface area contributed by atoms with Crippen molar-refractivity contribution in [2.45, 2.75) is 31.1 Å². The molecular formula is C21H21ClFN3O4S. The minimum Gasteiger partial charge on any atom is -0.493 e. The second-order valence-corrected chi connectivity index (χ2v) is 9.66. The van der Waals surface area contributed by atoms with E-state index in [4.69, 9.17) is 21.1 Å². The van der Waals surface area contributed by atoms with Gasteiger partial charge in [-0.25, -0.2) is 22.8 Å². The van der Waals surface area contributed by atoms with Crippen LogP contribution in [-0.4, -0.2) is 25.5 Å². The molecule has 2 aromatic carbocycles. The highest BCUT2D eigenvalue weighted by molar-refractivity contribution is 7.92. The number of sulfonamides is 1. The maximum absolute atomic E-state index is 13.7. The molecule has 0 aliphatic rings. The van der Waals surface area contributed by atoms with Crippen molar-refractivity contribution in [1.29, 1.82) is 0 Å². The van der Waals surface area contributed by atoms with E-state index < -0.39 is 15.8 Å². The average molecular weight is 466 g/mol. The van der Waals surface area contributed by atoms with E-state index in [2.05, 4.69) is 14.7 Å². The summed E-state index contributed by atoms with van der Waals surface area (Å²) in [5.41, 5.74) is 0.861. The molecule has 10 heteroatoms. The third-order valence-corrected chi connectivity index (χ3v) is 5.98. The summed E-state index contributed by atoms with van der Waals surface area (Å²) in [6, 6.07) is 10.1. The van der Waals surface area contributed by atoms with Gasteiger partial charge in [-0.2, -0.15) is 0 Å². The molecule has 0 saturated carbocycles. The Morgan fingerprint density at radius 1 is 1.03 bits per heavy atom. The van der Waals surface area contributed by atoms with E-state index in [1.165, 1.54) is 31.4 Å². The largest absolute Gasteiger partial charge is 0.493 e. The molecule has 31 heavy (non-hydrogen) atoms. The third kappa shape index (κ3) is 5.23. The highest BCUT2D eigenvalue weighted by atomic mass is 35.5. The van der Waals surface area contributed by atoms with E-state index >= 15 is 0 Å². The van der Waals surface area contributed by atoms with Crippen molar-refractivity contribution in [3.63, 3.8) is 0 Å². The lowest BCUT2D eigenvalue weighted by molar-refractivity contribution is 0.376. The number of aromatic nitrogens is 2. The fraction of sp³-hybridized carbons (Fsp3) is 0.238. The molecule has 0 fully saturated rings. The Labute approximate surface area is 185 Å². The van der Waals surface area contributed by atoms with Crippen LogP contribution in [0.3, 0.4) is 0 Å². The zero-order chi connectivity index (χ0) is 22.8. The van der Waals surface area contributed by atoms with Crippen molar-refractivity contribution in [2.24, 2.45) is 0 Å². The molecule has 0 aliphatic carbocycles. The Kier molecular flexibility index (Phi) is 6.38. The van der Waals surface area contributed by atoms with Crippen molar-refractivity contribution in [2.75, 3.05) is 11.8 Å². The maximum Gasteiger partial charge on any atom is 0.263 e. The van der Waals surface area contributed by atoms with Crippen molar-refractivity contribution >= 4 is 27.4 Å². The fourth-order valence-corrected chi connectivity index (χ4v) is 3.86. The molecule has 0 atom stereocenters. The second-order valence-electron chi connectivity index (χ2n) is 7.62. The van der Waals surface area contributed by atoms with Gasteiger partial charge in [-0.1, -0.05) is 44.5 Å². The van der Waals surface area contributed by atoms with E-state index in [9.17, 15) is 12.8 Å². The van der Waals surface area contributed by atoms with Crippen molar-refractivity contribution in [1.82, 2.24) is 9.97 Å². The minimum absolute atomic E-state index is 0.0193. The average Bonchev–Trinajstić information content (AvgIpc) is 2.70. The Bertz CT molecular complexity index is 1200. The van der Waals surface area contributed by atoms with Crippen LogP contribution in [-0.2, 0) is 15.4 Å². The number of methoxy groups -OCH3 is 1. The number of halogens is 2. The summed E-state index contributed by atoms with van der Waals surface area (Å²) >= 11 is 6.11. The van der Waals surface area contributed by atoms with Crippen LogP contribution in [0.1, 0.15) is 26.3 Å². The van der Waals surface area contributed by atoms with Gasteiger partial charge >= 0.3 is 0 Å². The molecule has 0 unspecified atom stereocenters. The molecule has 3 aromatic rings. The van der Waals surface area contributed by atoms with Crippen LogP contribution in [0.2, 0.25) is 5.15 Å². The number of ether oxygens (including phenoxy) is 2. The van der Waals surface area contributed by atoms with Crippen LogP contribution in [0.5, 0.6) is 17.2 Å². The van der Waals surface area contributed by atoms with Crippen molar-refractivity contribution in [3.05, 3.63) is 65.3 Å². The SMILES string of the molecule is COc1ccc(F)cc1Oc1c(Cl)ncnc1NS(=O)(=O)c1ccc(C(C)(C)C)cc1. The van der Waals surface area contributed by atoms with Crippen LogP contribution in [0, 0.1) is 5.82 Å². The first-order valence-electron chi connectivity index (χ1n) is 9.16. The fourth-order valence-electron chi connectivity index (χ4n) is 2.68. The molecule has 164 valence electrons. The van der Waals surface area contributed by atoms with E-state index in [0.29, 0.717) is 0 Å². The van der Waals surface area contributed by atoms with E-state index in [-0.39, 0.29) is 38.5 Å². The number of nitrogens with one attached hydrogen (secondary N) is 1. The van der Waals surface area contributed by atoms with Crippen molar-refractivity contribution < 1.29 is 22.3 Å². The number of rotatable bonds is 6. The van der Waals surface area contributed by atoms with E-state index in [1.807, 2.05) is 20.8 Å². The molecule has 0 bridgehead atoms. The van der Waals surface area contributed by atoms with Crippen LogP contribution in [0.25, 0.3) is 0 Å². The van der Waals surface area contributed by atoms with Gasteiger partial charge in [0.2, 0.25) is 5.75 Å². The first-order chi connectivity index (χ1) is 14.5. The quantitative estimate of drug-likeness (QED) is 0.505. The van der Waals surface area contributed by atoms with Gasteiger partial charge in [-0.3, -0.25) is 4.72 Å². The summed E-state index contributed by atoms with van der Waals surface area (Å²) in [6.45, 7) is 6.09. The first-order valence-corrected chi connectivity index (χ1v) is 11.0. The highest BCUT2D eigenvalue weighted by Gasteiger charge is 2.22. The first kappa shape index (κ1) is 22.8. The molecule has 0 aliphatic heterocycles. The van der Waals surface area contributed by atoms with Gasteiger partial charge < -0.3 is 9.47 Å². The molecular weight excluding hydrogens is 445 g/mol. The predicted octanol–water partition coefficient (Wildman–Crippen LogP) is 5.17. The minimum atomic E-state index is -4.02. The van der Waals surface area contributed by atoms with Crippen LogP contribution in [0.4, 0.5) is 10.2 Å². The lowest BCUT2D eigenvalue weighted by Gasteiger charge is -2.19. The summed E-state index contributed by atoms with van der Waals surface area (Å²) in [7, 11) is -2.63. The van der Waals surface area contributed by atoms with Crippen molar-refractivity contribution in [3.8, 4) is 17.2 Å². The monoisotopic (exact) mass is 465 g/mol. The topological polar surface area (TPSA) is 90.4 Å². The summed E-state index contributed by atoms with van der Waals surface area (Å²) in [5.74, 6) is -0.777. The molecule has 1 heterocycles. The Morgan fingerprint density at radius 2 is 1.71 bits per heavy atom. The zero-order valence-electron chi connectivity index (χ0n) is 17.3. The zero-order valence-corrected chi connectivity index (χ0v) is 18.9. The van der Waals surface area contributed by atoms with Gasteiger partial charge in [0.1, 0.15) is 12.1 Å². The molecule has 0 radical (unpaired) electrons. The van der Waals surface area contributed by atoms with E-state index in [0.717, 1.165) is 18.0 Å². The van der Waals surface area contributed by atoms with Gasteiger partial charge in [0.25, 0.3) is 10.0 Å². The number of anilines is 1. The molecule has 7 nitrogen and oxygen atoms in total. The van der Waals surface area contributed by atoms with E-state index in [1.54, 1.807) is 12.1 Å². The van der Waals surface area contributed by atoms with Crippen LogP contribution in [0.15, 0.2) is 53.7 Å². The second kappa shape index (κ2) is 8.68. The molecule has 0 amide bonds. The molecule has 1 aromatic heterocycles. The maximum atomic E-state index is 13.7. The van der Waals surface area contributed by atoms with Gasteiger partial charge in [-0.15, -0.1) is 0 Å². The number of benzene rings is 2. The predicted molar refractivity (Wildman–Crippen MR) is 116 cm³/mol. The number of hydrogen-bond donors (Lipinski definition) is 1. The lowest BCUT2D eigenvalue weighted by atomic mass is 9.87. The third-order valence-electron chi connectivity index (χ3n) is 4.36. The molecule has 0 spiro atoms. The molecule has 0 saturated heterocycles.